The van der Waals surface area contributed by atoms with Gasteiger partial charge in [0, 0.05) is 45.0 Å². The Kier molecular flexibility index (Phi) is 7.81. The largest absolute Gasteiger partial charge is 0.452 e. The van der Waals surface area contributed by atoms with Gasteiger partial charge in [-0.15, -0.1) is 0 Å². The zero-order valence-corrected chi connectivity index (χ0v) is 19.4. The summed E-state index contributed by atoms with van der Waals surface area (Å²) in [4.78, 5) is 37.4. The van der Waals surface area contributed by atoms with Gasteiger partial charge >= 0.3 is 5.97 Å². The van der Waals surface area contributed by atoms with E-state index in [9.17, 15) is 28.1 Å². The smallest absolute Gasteiger partial charge is 0.341 e. The van der Waals surface area contributed by atoms with Crippen molar-refractivity contribution >= 4 is 39.0 Å². The molecule has 34 heavy (non-hydrogen) atoms. The Hall–Kier alpha value is -3.55. The van der Waals surface area contributed by atoms with Crippen molar-refractivity contribution in [2.75, 3.05) is 57.2 Å². The molecule has 2 aromatic carbocycles. The molecule has 0 saturated carbocycles. The zero-order valence-electron chi connectivity index (χ0n) is 18.6. The molecule has 1 heterocycles. The molecular weight excluding hydrogens is 468 g/mol. The van der Waals surface area contributed by atoms with E-state index in [2.05, 4.69) is 5.32 Å². The number of carbonyl (C=O) groups excluding carboxylic acids is 2. The lowest BCUT2D eigenvalue weighted by molar-refractivity contribution is -0.384. The number of amides is 1. The molecule has 1 N–H and O–H groups in total. The van der Waals surface area contributed by atoms with Crippen LogP contribution < -0.4 is 10.2 Å². The number of rotatable bonds is 8. The molecule has 2 aromatic rings. The summed E-state index contributed by atoms with van der Waals surface area (Å²) in [5.74, 6) is -1.54. The summed E-state index contributed by atoms with van der Waals surface area (Å²) in [6.07, 6.45) is 0. The third-order valence-electron chi connectivity index (χ3n) is 5.01. The van der Waals surface area contributed by atoms with Crippen LogP contribution in [0.5, 0.6) is 0 Å². The topological polar surface area (TPSA) is 148 Å². The van der Waals surface area contributed by atoms with E-state index in [1.807, 2.05) is 4.90 Å². The Morgan fingerprint density at radius 2 is 1.79 bits per heavy atom. The monoisotopic (exact) mass is 492 g/mol. The van der Waals surface area contributed by atoms with Crippen LogP contribution in [-0.2, 0) is 24.3 Å². The highest BCUT2D eigenvalue weighted by atomic mass is 32.2. The number of anilines is 2. The van der Waals surface area contributed by atoms with E-state index in [4.69, 9.17) is 9.47 Å². The van der Waals surface area contributed by atoms with Gasteiger partial charge in [-0.25, -0.2) is 17.5 Å². The van der Waals surface area contributed by atoms with E-state index in [-0.39, 0.29) is 16.1 Å². The fourth-order valence-corrected chi connectivity index (χ4v) is 4.11. The lowest BCUT2D eigenvalue weighted by Crippen LogP contribution is -2.37. The molecule has 1 fully saturated rings. The molecule has 13 heteroatoms. The van der Waals surface area contributed by atoms with Crippen LogP contribution in [0.25, 0.3) is 0 Å². The molecular formula is C21H24N4O8S. The first-order valence-electron chi connectivity index (χ1n) is 10.2. The van der Waals surface area contributed by atoms with E-state index in [1.54, 1.807) is 0 Å². The second-order valence-corrected chi connectivity index (χ2v) is 9.65. The number of non-ortho nitro benzene ring substituents is 1. The molecule has 0 bridgehead atoms. The summed E-state index contributed by atoms with van der Waals surface area (Å²) in [5.41, 5.74) is 0.462. The van der Waals surface area contributed by atoms with Gasteiger partial charge in [0.15, 0.2) is 6.61 Å². The minimum Gasteiger partial charge on any atom is -0.452 e. The summed E-state index contributed by atoms with van der Waals surface area (Å²) in [5, 5.41) is 13.7. The molecule has 1 saturated heterocycles. The molecule has 1 amide bonds. The lowest BCUT2D eigenvalue weighted by Gasteiger charge is -2.30. The highest BCUT2D eigenvalue weighted by molar-refractivity contribution is 7.89. The number of sulfonamides is 1. The second-order valence-electron chi connectivity index (χ2n) is 7.49. The van der Waals surface area contributed by atoms with Gasteiger partial charge in [0.1, 0.15) is 0 Å². The first kappa shape index (κ1) is 25.1. The molecule has 0 atom stereocenters. The molecule has 0 spiro atoms. The number of hydrogen-bond donors (Lipinski definition) is 1. The fraction of sp³-hybridized carbons (Fsp3) is 0.333. The van der Waals surface area contributed by atoms with Gasteiger partial charge in [-0.3, -0.25) is 14.9 Å². The Bertz CT molecular complexity index is 1180. The van der Waals surface area contributed by atoms with Crippen molar-refractivity contribution in [3.8, 4) is 0 Å². The van der Waals surface area contributed by atoms with Gasteiger partial charge in [0.2, 0.25) is 10.0 Å². The quantitative estimate of drug-likeness (QED) is 0.328. The van der Waals surface area contributed by atoms with Gasteiger partial charge < -0.3 is 19.7 Å². The SMILES string of the molecule is CN(C)S(=O)(=O)c1ccc(NC(=O)COC(=O)c2cc([N+](=O)[O-])ccc2N2CCOCC2)cc1. The molecule has 0 aliphatic carbocycles. The number of ether oxygens (including phenoxy) is 2. The molecule has 3 rings (SSSR count). The van der Waals surface area contributed by atoms with E-state index < -0.39 is 33.4 Å². The summed E-state index contributed by atoms with van der Waals surface area (Å²) < 4.78 is 35.7. The van der Waals surface area contributed by atoms with Crippen LogP contribution >= 0.6 is 0 Å². The van der Waals surface area contributed by atoms with Crippen molar-refractivity contribution < 1.29 is 32.4 Å². The number of hydrogen-bond acceptors (Lipinski definition) is 9. The lowest BCUT2D eigenvalue weighted by atomic mass is 10.1. The Labute approximate surface area is 196 Å². The number of benzene rings is 2. The molecule has 182 valence electrons. The first-order chi connectivity index (χ1) is 16.1. The average Bonchev–Trinajstić information content (AvgIpc) is 2.83. The van der Waals surface area contributed by atoms with Crippen LogP contribution in [0.15, 0.2) is 47.4 Å². The number of morpholine rings is 1. The van der Waals surface area contributed by atoms with Crippen LogP contribution in [0.3, 0.4) is 0 Å². The molecule has 12 nitrogen and oxygen atoms in total. The average molecular weight is 493 g/mol. The van der Waals surface area contributed by atoms with Crippen molar-refractivity contribution in [2.45, 2.75) is 4.90 Å². The van der Waals surface area contributed by atoms with E-state index in [1.165, 1.54) is 50.5 Å². The van der Waals surface area contributed by atoms with E-state index in [0.29, 0.717) is 37.7 Å². The van der Waals surface area contributed by atoms with Crippen molar-refractivity contribution in [1.29, 1.82) is 0 Å². The summed E-state index contributed by atoms with van der Waals surface area (Å²) >= 11 is 0. The van der Waals surface area contributed by atoms with E-state index in [0.717, 1.165) is 10.4 Å². The van der Waals surface area contributed by atoms with Crippen molar-refractivity contribution in [3.05, 3.63) is 58.1 Å². The maximum atomic E-state index is 12.7. The number of nitro groups is 1. The number of nitrogens with one attached hydrogen (secondary N) is 1. The molecule has 1 aliphatic rings. The van der Waals surface area contributed by atoms with Gasteiger partial charge in [0.05, 0.1) is 34.3 Å². The van der Waals surface area contributed by atoms with Crippen LogP contribution in [-0.4, -0.2) is 76.5 Å². The Morgan fingerprint density at radius 1 is 1.15 bits per heavy atom. The number of nitro benzene ring substituents is 1. The number of nitrogens with zero attached hydrogens (tertiary/aromatic N) is 3. The second kappa shape index (κ2) is 10.6. The fourth-order valence-electron chi connectivity index (χ4n) is 3.21. The number of esters is 1. The predicted molar refractivity (Wildman–Crippen MR) is 122 cm³/mol. The standard InChI is InChI=1S/C21H24N4O8S/c1-23(2)34(30,31)17-6-3-15(4-7-17)22-20(26)14-33-21(27)18-13-16(25(28)29)5-8-19(18)24-9-11-32-12-10-24/h3-8,13H,9-12,14H2,1-2H3,(H,22,26). The van der Waals surface area contributed by atoms with Crippen molar-refractivity contribution in [2.24, 2.45) is 0 Å². The van der Waals surface area contributed by atoms with Gasteiger partial charge in [-0.2, -0.15) is 0 Å². The third-order valence-corrected chi connectivity index (χ3v) is 6.84. The first-order valence-corrected chi connectivity index (χ1v) is 11.6. The summed E-state index contributed by atoms with van der Waals surface area (Å²) in [7, 11) is -0.790. The molecule has 1 aliphatic heterocycles. The minimum atomic E-state index is -3.61. The molecule has 0 unspecified atom stereocenters. The predicted octanol–water partition coefficient (Wildman–Crippen LogP) is 1.48. The van der Waals surface area contributed by atoms with Crippen LogP contribution in [0, 0.1) is 10.1 Å². The van der Waals surface area contributed by atoms with Gasteiger partial charge in [-0.05, 0) is 30.3 Å². The van der Waals surface area contributed by atoms with Gasteiger partial charge in [0.25, 0.3) is 11.6 Å². The zero-order chi connectivity index (χ0) is 24.9. The number of carbonyl (C=O) groups is 2. The normalized spacial score (nSPS) is 14.0. The van der Waals surface area contributed by atoms with Crippen molar-refractivity contribution in [1.82, 2.24) is 4.31 Å². The highest BCUT2D eigenvalue weighted by Crippen LogP contribution is 2.27. The highest BCUT2D eigenvalue weighted by Gasteiger charge is 2.24. The summed E-state index contributed by atoms with van der Waals surface area (Å²) in [6.45, 7) is 1.25. The summed E-state index contributed by atoms with van der Waals surface area (Å²) in [6, 6.07) is 9.40. The van der Waals surface area contributed by atoms with Gasteiger partial charge in [-0.1, -0.05) is 0 Å². The minimum absolute atomic E-state index is 0.0258. The van der Waals surface area contributed by atoms with E-state index >= 15 is 0 Å². The van der Waals surface area contributed by atoms with Crippen molar-refractivity contribution in [3.63, 3.8) is 0 Å². The Balaban J connectivity index is 1.67. The Morgan fingerprint density at radius 3 is 2.38 bits per heavy atom. The van der Waals surface area contributed by atoms with Crippen LogP contribution in [0.2, 0.25) is 0 Å². The third kappa shape index (κ3) is 5.87. The maximum absolute atomic E-state index is 12.7. The van der Waals surface area contributed by atoms with Crippen LogP contribution in [0.4, 0.5) is 17.1 Å². The molecule has 0 aromatic heterocycles. The van der Waals surface area contributed by atoms with Crippen LogP contribution in [0.1, 0.15) is 10.4 Å². The molecule has 0 radical (unpaired) electrons. The maximum Gasteiger partial charge on any atom is 0.341 e.